The minimum Gasteiger partial charge on any atom is -0.352 e. The third-order valence-corrected chi connectivity index (χ3v) is 7.21. The highest BCUT2D eigenvalue weighted by atomic mass is 79.9. The van der Waals surface area contributed by atoms with E-state index in [-0.39, 0.29) is 24.5 Å². The maximum Gasteiger partial charge on any atom is 0.312 e. The maximum atomic E-state index is 12.7. The van der Waals surface area contributed by atoms with Crippen molar-refractivity contribution in [2.24, 2.45) is 11.8 Å². The summed E-state index contributed by atoms with van der Waals surface area (Å²) in [7, 11) is 0. The maximum absolute atomic E-state index is 12.7. The highest BCUT2D eigenvalue weighted by Gasteiger charge is 2.39. The molecule has 0 aromatic heterocycles. The fourth-order valence-corrected chi connectivity index (χ4v) is 5.52. The number of rotatable bonds is 4. The Bertz CT molecular complexity index is 567. The molecule has 27 heavy (non-hydrogen) atoms. The molecule has 0 radical (unpaired) electrons. The van der Waals surface area contributed by atoms with E-state index in [2.05, 4.69) is 35.1 Å². The zero-order valence-electron chi connectivity index (χ0n) is 16.5. The topological polar surface area (TPSA) is 69.7 Å². The summed E-state index contributed by atoms with van der Waals surface area (Å²) in [5.74, 6) is 0.0641. The van der Waals surface area contributed by atoms with Gasteiger partial charge in [0.15, 0.2) is 0 Å². The molecule has 2 saturated carbocycles. The van der Waals surface area contributed by atoms with E-state index in [9.17, 15) is 14.4 Å². The van der Waals surface area contributed by atoms with Crippen molar-refractivity contribution in [2.45, 2.75) is 75.7 Å². The molecular formula is C20H32BrN3O3. The molecule has 3 aliphatic rings. The Balaban J connectivity index is 1.50. The number of halogens is 1. The Morgan fingerprint density at radius 2 is 1.63 bits per heavy atom. The summed E-state index contributed by atoms with van der Waals surface area (Å²) in [5, 5.41) is 3.03. The van der Waals surface area contributed by atoms with Crippen LogP contribution in [0.2, 0.25) is 0 Å². The molecule has 2 unspecified atom stereocenters. The molecule has 1 saturated heterocycles. The lowest BCUT2D eigenvalue weighted by Crippen LogP contribution is -2.59. The van der Waals surface area contributed by atoms with Crippen molar-refractivity contribution in [1.82, 2.24) is 15.1 Å². The van der Waals surface area contributed by atoms with Crippen LogP contribution in [0.15, 0.2) is 0 Å². The predicted octanol–water partition coefficient (Wildman–Crippen LogP) is 2.30. The van der Waals surface area contributed by atoms with Crippen molar-refractivity contribution >= 4 is 33.7 Å². The first-order valence-corrected chi connectivity index (χ1v) is 11.3. The molecule has 1 aliphatic heterocycles. The third kappa shape index (κ3) is 5.24. The number of hydrogen-bond donors (Lipinski definition) is 1. The van der Waals surface area contributed by atoms with Crippen molar-refractivity contribution in [1.29, 1.82) is 0 Å². The summed E-state index contributed by atoms with van der Waals surface area (Å²) in [6, 6.07) is 0.346. The van der Waals surface area contributed by atoms with Crippen molar-refractivity contribution in [3.8, 4) is 0 Å². The van der Waals surface area contributed by atoms with Crippen molar-refractivity contribution in [3.05, 3.63) is 0 Å². The van der Waals surface area contributed by atoms with Crippen LogP contribution in [0, 0.1) is 11.8 Å². The quantitative estimate of drug-likeness (QED) is 0.537. The van der Waals surface area contributed by atoms with Gasteiger partial charge in [0.25, 0.3) is 0 Å². The number of alkyl halides is 1. The van der Waals surface area contributed by atoms with E-state index in [1.165, 1.54) is 11.3 Å². The summed E-state index contributed by atoms with van der Waals surface area (Å²) >= 11 is 3.61. The van der Waals surface area contributed by atoms with Gasteiger partial charge in [-0.3, -0.25) is 14.4 Å². The molecule has 1 heterocycles. The highest BCUT2D eigenvalue weighted by molar-refractivity contribution is 9.09. The summed E-state index contributed by atoms with van der Waals surface area (Å²) in [5.41, 5.74) is 0. The zero-order valence-corrected chi connectivity index (χ0v) is 18.0. The summed E-state index contributed by atoms with van der Waals surface area (Å²) in [6.45, 7) is 5.42. The number of nitrogens with one attached hydrogen (secondary N) is 1. The first kappa shape index (κ1) is 20.6. The third-order valence-electron chi connectivity index (χ3n) is 6.29. The van der Waals surface area contributed by atoms with Crippen LogP contribution in [0.1, 0.15) is 58.8 Å². The first-order valence-electron chi connectivity index (χ1n) is 10.4. The van der Waals surface area contributed by atoms with Gasteiger partial charge < -0.3 is 15.1 Å². The molecule has 0 aromatic rings. The molecule has 0 aromatic carbocycles. The van der Waals surface area contributed by atoms with E-state index in [1.54, 1.807) is 4.90 Å². The Morgan fingerprint density at radius 1 is 1.00 bits per heavy atom. The van der Waals surface area contributed by atoms with E-state index >= 15 is 0 Å². The van der Waals surface area contributed by atoms with Gasteiger partial charge in [0.1, 0.15) is 6.54 Å². The fourth-order valence-electron chi connectivity index (χ4n) is 4.99. The van der Waals surface area contributed by atoms with E-state index < -0.39 is 11.8 Å². The van der Waals surface area contributed by atoms with Crippen LogP contribution >= 0.6 is 15.9 Å². The zero-order chi connectivity index (χ0) is 19.6. The van der Waals surface area contributed by atoms with Gasteiger partial charge >= 0.3 is 11.8 Å². The van der Waals surface area contributed by atoms with Crippen molar-refractivity contribution in [3.63, 3.8) is 0 Å². The van der Waals surface area contributed by atoms with Crippen LogP contribution in [-0.4, -0.2) is 64.1 Å². The minimum absolute atomic E-state index is 0.00980. The average molecular weight is 442 g/mol. The first-order chi connectivity index (χ1) is 12.8. The Kier molecular flexibility index (Phi) is 6.82. The van der Waals surface area contributed by atoms with Crippen LogP contribution in [0.5, 0.6) is 0 Å². The largest absolute Gasteiger partial charge is 0.352 e. The van der Waals surface area contributed by atoms with Gasteiger partial charge in [-0.2, -0.15) is 0 Å². The standard InChI is InChI=1S/C20H32BrN3O3/c1-13-9-14(2)11-17(10-13)24-8-7-23(19(26)20(24)27)12-18(25)22-16-5-3-15(21)4-6-16/h13-17H,3-12H2,1-2H3,(H,22,25). The summed E-state index contributed by atoms with van der Waals surface area (Å²) < 4.78 is 0. The second-order valence-electron chi connectivity index (χ2n) is 8.81. The number of hydrogen-bond acceptors (Lipinski definition) is 3. The smallest absolute Gasteiger partial charge is 0.312 e. The lowest BCUT2D eigenvalue weighted by molar-refractivity contribution is -0.159. The second kappa shape index (κ2) is 8.93. The monoisotopic (exact) mass is 441 g/mol. The van der Waals surface area contributed by atoms with E-state index in [4.69, 9.17) is 0 Å². The van der Waals surface area contributed by atoms with Gasteiger partial charge in [0.05, 0.1) is 0 Å². The normalized spacial score (nSPS) is 35.3. The highest BCUT2D eigenvalue weighted by Crippen LogP contribution is 2.32. The predicted molar refractivity (Wildman–Crippen MR) is 107 cm³/mol. The molecule has 3 fully saturated rings. The van der Waals surface area contributed by atoms with Crippen molar-refractivity contribution in [2.75, 3.05) is 19.6 Å². The lowest BCUT2D eigenvalue weighted by Gasteiger charge is -2.42. The molecule has 1 N–H and O–H groups in total. The Hall–Kier alpha value is -1.11. The number of piperazine rings is 1. The van der Waals surface area contributed by atoms with Gasteiger partial charge in [-0.25, -0.2) is 0 Å². The average Bonchev–Trinajstić information content (AvgIpc) is 2.60. The number of amides is 3. The minimum atomic E-state index is -0.522. The molecule has 152 valence electrons. The number of nitrogens with zero attached hydrogens (tertiary/aromatic N) is 2. The van der Waals surface area contributed by atoms with E-state index in [0.717, 1.165) is 38.5 Å². The van der Waals surface area contributed by atoms with Gasteiger partial charge in [-0.1, -0.05) is 29.8 Å². The molecule has 3 amide bonds. The lowest BCUT2D eigenvalue weighted by atomic mass is 9.79. The van der Waals surface area contributed by atoms with Gasteiger partial charge in [-0.15, -0.1) is 0 Å². The van der Waals surface area contributed by atoms with Crippen LogP contribution in [0.4, 0.5) is 0 Å². The van der Waals surface area contributed by atoms with E-state index in [1.807, 2.05) is 0 Å². The van der Waals surface area contributed by atoms with Crippen molar-refractivity contribution < 1.29 is 14.4 Å². The molecule has 2 aliphatic carbocycles. The van der Waals surface area contributed by atoms with Crippen LogP contribution < -0.4 is 5.32 Å². The molecular weight excluding hydrogens is 410 g/mol. The molecule has 0 bridgehead atoms. The molecule has 6 nitrogen and oxygen atoms in total. The fraction of sp³-hybridized carbons (Fsp3) is 0.850. The van der Waals surface area contributed by atoms with Gasteiger partial charge in [0, 0.05) is 30.0 Å². The van der Waals surface area contributed by atoms with Gasteiger partial charge in [-0.05, 0) is 56.8 Å². The summed E-state index contributed by atoms with van der Waals surface area (Å²) in [6.07, 6.45) is 7.16. The summed E-state index contributed by atoms with van der Waals surface area (Å²) in [4.78, 5) is 41.3. The van der Waals surface area contributed by atoms with Gasteiger partial charge in [0.2, 0.25) is 5.91 Å². The number of carbonyl (C=O) groups is 3. The molecule has 7 heteroatoms. The Labute approximate surface area is 170 Å². The molecule has 2 atom stereocenters. The van der Waals surface area contributed by atoms with Crippen LogP contribution in [-0.2, 0) is 14.4 Å². The molecule has 3 rings (SSSR count). The molecule has 0 spiro atoms. The van der Waals surface area contributed by atoms with E-state index in [0.29, 0.717) is 29.8 Å². The SMILES string of the molecule is CC1CC(C)CC(N2CCN(CC(=O)NC3CCC(Br)CC3)C(=O)C2=O)C1. The van der Waals surface area contributed by atoms with Crippen LogP contribution in [0.25, 0.3) is 0 Å². The van der Waals surface area contributed by atoms with Crippen LogP contribution in [0.3, 0.4) is 0 Å². The number of carbonyl (C=O) groups excluding carboxylic acids is 3. The second-order valence-corrected chi connectivity index (χ2v) is 10.1. The Morgan fingerprint density at radius 3 is 2.26 bits per heavy atom.